The Labute approximate surface area is 139 Å². The van der Waals surface area contributed by atoms with Crippen molar-refractivity contribution in [3.63, 3.8) is 0 Å². The smallest absolute Gasteiger partial charge is 0.276 e. The zero-order valence-electron chi connectivity index (χ0n) is 13.2. The van der Waals surface area contributed by atoms with Crippen molar-refractivity contribution in [1.82, 2.24) is 15.1 Å². The molecule has 1 atom stereocenters. The number of nitrogens with zero attached hydrogens (tertiary/aromatic N) is 4. The number of carbonyl (C=O) groups is 1. The molecule has 3 heterocycles. The molecule has 1 aliphatic heterocycles. The first-order valence-corrected chi connectivity index (χ1v) is 7.83. The lowest BCUT2D eigenvalue weighted by atomic mass is 10.1. The largest absolute Gasteiger partial charge is 0.332 e. The van der Waals surface area contributed by atoms with Crippen LogP contribution >= 0.6 is 0 Å². The zero-order valence-corrected chi connectivity index (χ0v) is 13.2. The van der Waals surface area contributed by atoms with Crippen LogP contribution in [0, 0.1) is 6.92 Å². The van der Waals surface area contributed by atoms with Crippen molar-refractivity contribution in [2.75, 3.05) is 11.4 Å². The van der Waals surface area contributed by atoms with Crippen LogP contribution in [0.25, 0.3) is 11.6 Å². The number of para-hydroxylation sites is 1. The maximum atomic E-state index is 12.4. The molecule has 0 bridgehead atoms. The summed E-state index contributed by atoms with van der Waals surface area (Å²) in [5.74, 6) is 0.948. The number of rotatable bonds is 3. The first-order valence-electron chi connectivity index (χ1n) is 7.83. The lowest BCUT2D eigenvalue weighted by Gasteiger charge is -2.18. The SMILES string of the molecule is Cc1ccccc1N1CC(c2noc(-c3ccccn3)n2)CC1=O. The van der Waals surface area contributed by atoms with Crippen LogP contribution in [-0.2, 0) is 4.79 Å². The van der Waals surface area contributed by atoms with Crippen LogP contribution < -0.4 is 4.90 Å². The molecule has 6 heteroatoms. The van der Waals surface area contributed by atoms with E-state index in [-0.39, 0.29) is 11.8 Å². The third-order valence-electron chi connectivity index (χ3n) is 4.22. The molecule has 1 fully saturated rings. The van der Waals surface area contributed by atoms with Gasteiger partial charge in [-0.25, -0.2) is 0 Å². The van der Waals surface area contributed by atoms with Gasteiger partial charge in [-0.15, -0.1) is 0 Å². The Bertz CT molecular complexity index is 875. The molecule has 4 rings (SSSR count). The van der Waals surface area contributed by atoms with Crippen molar-refractivity contribution >= 4 is 11.6 Å². The summed E-state index contributed by atoms with van der Waals surface area (Å²) in [6.45, 7) is 2.56. The van der Waals surface area contributed by atoms with Gasteiger partial charge in [-0.2, -0.15) is 4.98 Å². The second-order valence-electron chi connectivity index (χ2n) is 5.86. The third-order valence-corrected chi connectivity index (χ3v) is 4.22. The number of pyridine rings is 1. The number of aryl methyl sites for hydroxylation is 1. The minimum atomic E-state index is -0.0710. The molecule has 0 spiro atoms. The van der Waals surface area contributed by atoms with Gasteiger partial charge in [0.1, 0.15) is 5.69 Å². The molecular weight excluding hydrogens is 304 g/mol. The minimum Gasteiger partial charge on any atom is -0.332 e. The molecule has 1 aromatic carbocycles. The minimum absolute atomic E-state index is 0.0710. The fraction of sp³-hybridized carbons (Fsp3) is 0.222. The first kappa shape index (κ1) is 14.6. The average molecular weight is 320 g/mol. The van der Waals surface area contributed by atoms with E-state index in [2.05, 4.69) is 15.1 Å². The van der Waals surface area contributed by atoms with Crippen molar-refractivity contribution in [2.45, 2.75) is 19.3 Å². The average Bonchev–Trinajstić information content (AvgIpc) is 3.23. The van der Waals surface area contributed by atoms with Crippen molar-refractivity contribution in [3.8, 4) is 11.6 Å². The number of amides is 1. The van der Waals surface area contributed by atoms with Crippen molar-refractivity contribution in [3.05, 3.63) is 60.0 Å². The van der Waals surface area contributed by atoms with Crippen molar-refractivity contribution in [2.24, 2.45) is 0 Å². The first-order chi connectivity index (χ1) is 11.7. The van der Waals surface area contributed by atoms with Gasteiger partial charge in [0, 0.05) is 30.8 Å². The second kappa shape index (κ2) is 5.88. The highest BCUT2D eigenvalue weighted by molar-refractivity contribution is 5.97. The quantitative estimate of drug-likeness (QED) is 0.742. The number of hydrogen-bond acceptors (Lipinski definition) is 5. The Morgan fingerprint density at radius 3 is 2.79 bits per heavy atom. The van der Waals surface area contributed by atoms with Crippen LogP contribution in [0.1, 0.15) is 23.7 Å². The summed E-state index contributed by atoms with van der Waals surface area (Å²) in [4.78, 5) is 22.9. The van der Waals surface area contributed by atoms with E-state index in [1.807, 2.05) is 49.4 Å². The number of aromatic nitrogens is 3. The fourth-order valence-electron chi connectivity index (χ4n) is 2.97. The maximum absolute atomic E-state index is 12.4. The van der Waals surface area contributed by atoms with Crippen LogP contribution in [0.5, 0.6) is 0 Å². The molecule has 1 amide bonds. The van der Waals surface area contributed by atoms with Crippen LogP contribution in [0.3, 0.4) is 0 Å². The van der Waals surface area contributed by atoms with Gasteiger partial charge in [0.2, 0.25) is 5.91 Å². The number of anilines is 1. The van der Waals surface area contributed by atoms with Gasteiger partial charge in [0.25, 0.3) is 5.89 Å². The standard InChI is InChI=1S/C18H16N4O2/c1-12-6-2-3-8-15(12)22-11-13(10-16(22)23)17-20-18(24-21-17)14-7-4-5-9-19-14/h2-9,13H,10-11H2,1H3. The summed E-state index contributed by atoms with van der Waals surface area (Å²) in [7, 11) is 0. The molecule has 0 saturated carbocycles. The van der Waals surface area contributed by atoms with Crippen LogP contribution in [0.4, 0.5) is 5.69 Å². The molecule has 1 saturated heterocycles. The molecule has 0 N–H and O–H groups in total. The van der Waals surface area contributed by atoms with E-state index in [0.29, 0.717) is 30.4 Å². The highest BCUT2D eigenvalue weighted by Gasteiger charge is 2.35. The summed E-state index contributed by atoms with van der Waals surface area (Å²) in [6.07, 6.45) is 2.06. The van der Waals surface area contributed by atoms with Crippen LogP contribution in [-0.4, -0.2) is 27.6 Å². The molecule has 2 aromatic heterocycles. The summed E-state index contributed by atoms with van der Waals surface area (Å²) in [6, 6.07) is 13.4. The van der Waals surface area contributed by atoms with Gasteiger partial charge in [-0.3, -0.25) is 9.78 Å². The highest BCUT2D eigenvalue weighted by Crippen LogP contribution is 2.32. The molecule has 1 unspecified atom stereocenters. The summed E-state index contributed by atoms with van der Waals surface area (Å²) in [5, 5.41) is 4.05. The highest BCUT2D eigenvalue weighted by atomic mass is 16.5. The van der Waals surface area contributed by atoms with E-state index in [1.165, 1.54) is 0 Å². The van der Waals surface area contributed by atoms with Gasteiger partial charge in [-0.1, -0.05) is 29.4 Å². The Morgan fingerprint density at radius 2 is 2.00 bits per heavy atom. The van der Waals surface area contributed by atoms with E-state index in [4.69, 9.17) is 4.52 Å². The molecule has 1 aliphatic rings. The lowest BCUT2D eigenvalue weighted by molar-refractivity contribution is -0.117. The number of benzene rings is 1. The van der Waals surface area contributed by atoms with Gasteiger partial charge in [0.05, 0.1) is 0 Å². The summed E-state index contributed by atoms with van der Waals surface area (Å²) in [5.41, 5.74) is 2.66. The van der Waals surface area contributed by atoms with Crippen LogP contribution in [0.2, 0.25) is 0 Å². The Kier molecular flexibility index (Phi) is 3.57. The van der Waals surface area contributed by atoms with Gasteiger partial charge < -0.3 is 9.42 Å². The predicted molar refractivity (Wildman–Crippen MR) is 88.4 cm³/mol. The van der Waals surface area contributed by atoms with Gasteiger partial charge >= 0.3 is 0 Å². The fourth-order valence-corrected chi connectivity index (χ4v) is 2.97. The van der Waals surface area contributed by atoms with E-state index in [9.17, 15) is 4.79 Å². The van der Waals surface area contributed by atoms with Crippen molar-refractivity contribution in [1.29, 1.82) is 0 Å². The Hall–Kier alpha value is -3.02. The molecule has 24 heavy (non-hydrogen) atoms. The second-order valence-corrected chi connectivity index (χ2v) is 5.86. The summed E-state index contributed by atoms with van der Waals surface area (Å²) >= 11 is 0. The van der Waals surface area contributed by atoms with E-state index >= 15 is 0 Å². The molecule has 0 aliphatic carbocycles. The Morgan fingerprint density at radius 1 is 1.17 bits per heavy atom. The normalized spacial score (nSPS) is 17.5. The molecular formula is C18H16N4O2. The predicted octanol–water partition coefficient (Wildman–Crippen LogP) is 2.96. The Balaban J connectivity index is 1.58. The van der Waals surface area contributed by atoms with E-state index in [0.717, 1.165) is 11.3 Å². The maximum Gasteiger partial charge on any atom is 0.276 e. The number of carbonyl (C=O) groups excluding carboxylic acids is 1. The van der Waals surface area contributed by atoms with E-state index in [1.54, 1.807) is 11.1 Å². The summed E-state index contributed by atoms with van der Waals surface area (Å²) < 4.78 is 5.31. The molecule has 3 aromatic rings. The molecule has 0 radical (unpaired) electrons. The third kappa shape index (κ3) is 2.56. The molecule has 120 valence electrons. The van der Waals surface area contributed by atoms with Crippen LogP contribution in [0.15, 0.2) is 53.2 Å². The van der Waals surface area contributed by atoms with Gasteiger partial charge in [0.15, 0.2) is 5.82 Å². The zero-order chi connectivity index (χ0) is 16.5. The van der Waals surface area contributed by atoms with E-state index < -0.39 is 0 Å². The number of hydrogen-bond donors (Lipinski definition) is 0. The molecule has 6 nitrogen and oxygen atoms in total. The van der Waals surface area contributed by atoms with Crippen molar-refractivity contribution < 1.29 is 9.32 Å². The topological polar surface area (TPSA) is 72.1 Å². The van der Waals surface area contributed by atoms with Gasteiger partial charge in [-0.05, 0) is 30.7 Å². The monoisotopic (exact) mass is 320 g/mol. The lowest BCUT2D eigenvalue weighted by Crippen LogP contribution is -2.25.